The third kappa shape index (κ3) is 3.41. The highest BCUT2D eigenvalue weighted by Gasteiger charge is 2.09. The molecule has 0 spiro atoms. The lowest BCUT2D eigenvalue weighted by Gasteiger charge is -2.12. The largest absolute Gasteiger partial charge is 0.486 e. The molecule has 98 valence electrons. The van der Waals surface area contributed by atoms with Crippen molar-refractivity contribution in [2.75, 3.05) is 0 Å². The summed E-state index contributed by atoms with van der Waals surface area (Å²) in [6.45, 7) is 4.20. The van der Waals surface area contributed by atoms with Gasteiger partial charge in [0.25, 0.3) is 0 Å². The number of aldehydes is 1. The number of carbonyl (C=O) groups excluding carboxylic acids is 1. The predicted octanol–water partition coefficient (Wildman–Crippen LogP) is 3.85. The van der Waals surface area contributed by atoms with E-state index < -0.39 is 0 Å². The maximum absolute atomic E-state index is 11.1. The molecule has 1 aromatic carbocycles. The van der Waals surface area contributed by atoms with E-state index in [1.807, 2.05) is 38.1 Å². The molecule has 1 heterocycles. The Morgan fingerprint density at radius 3 is 2.79 bits per heavy atom. The van der Waals surface area contributed by atoms with Crippen molar-refractivity contribution in [1.29, 1.82) is 0 Å². The summed E-state index contributed by atoms with van der Waals surface area (Å²) in [5.41, 5.74) is 3.26. The topological polar surface area (TPSA) is 39.2 Å². The first kappa shape index (κ1) is 13.7. The number of hydrogen-bond acceptors (Lipinski definition) is 3. The number of benzene rings is 1. The molecule has 4 heteroatoms. The van der Waals surface area contributed by atoms with Gasteiger partial charge in [0.05, 0.1) is 11.3 Å². The summed E-state index contributed by atoms with van der Waals surface area (Å²) >= 11 is 3.37. The minimum atomic E-state index is 0.352. The number of carbonyl (C=O) groups is 1. The van der Waals surface area contributed by atoms with Gasteiger partial charge in [-0.2, -0.15) is 0 Å². The Balaban J connectivity index is 2.22. The van der Waals surface area contributed by atoms with Crippen LogP contribution in [0.4, 0.5) is 0 Å². The van der Waals surface area contributed by atoms with E-state index in [0.717, 1.165) is 27.7 Å². The zero-order valence-corrected chi connectivity index (χ0v) is 12.4. The minimum absolute atomic E-state index is 0.352. The van der Waals surface area contributed by atoms with Crippen LogP contribution < -0.4 is 4.74 Å². The first-order valence-electron chi connectivity index (χ1n) is 5.91. The van der Waals surface area contributed by atoms with Gasteiger partial charge in [-0.3, -0.25) is 9.78 Å². The highest BCUT2D eigenvalue weighted by Crippen LogP contribution is 2.27. The summed E-state index contributed by atoms with van der Waals surface area (Å²) in [5.74, 6) is 0.613. The van der Waals surface area contributed by atoms with Crippen LogP contribution in [0, 0.1) is 13.8 Å². The molecule has 0 atom stereocenters. The molecule has 0 fully saturated rings. The minimum Gasteiger partial charge on any atom is -0.486 e. The smallest absolute Gasteiger partial charge is 0.153 e. The van der Waals surface area contributed by atoms with Gasteiger partial charge in [0.2, 0.25) is 0 Å². The molecule has 0 bridgehead atoms. The number of pyridine rings is 1. The second-order valence-corrected chi connectivity index (χ2v) is 5.23. The Morgan fingerprint density at radius 2 is 2.11 bits per heavy atom. The average molecular weight is 320 g/mol. The van der Waals surface area contributed by atoms with Crippen molar-refractivity contribution < 1.29 is 9.53 Å². The van der Waals surface area contributed by atoms with Crippen LogP contribution in [0.25, 0.3) is 0 Å². The Labute approximate surface area is 120 Å². The number of halogens is 1. The lowest BCUT2D eigenvalue weighted by molar-refractivity contribution is 0.111. The molecule has 0 aliphatic heterocycles. The Hall–Kier alpha value is -1.68. The van der Waals surface area contributed by atoms with Crippen LogP contribution in [0.2, 0.25) is 0 Å². The number of nitrogens with zero attached hydrogens (tertiary/aromatic N) is 1. The van der Waals surface area contributed by atoms with Gasteiger partial charge in [0.1, 0.15) is 12.4 Å². The summed E-state index contributed by atoms with van der Waals surface area (Å²) in [7, 11) is 0. The van der Waals surface area contributed by atoms with Gasteiger partial charge in [-0.15, -0.1) is 0 Å². The van der Waals surface area contributed by atoms with Crippen LogP contribution in [0.3, 0.4) is 0 Å². The number of aromatic nitrogens is 1. The first-order chi connectivity index (χ1) is 9.10. The maximum atomic E-state index is 11.1. The highest BCUT2D eigenvalue weighted by molar-refractivity contribution is 9.10. The van der Waals surface area contributed by atoms with Crippen molar-refractivity contribution >= 4 is 22.2 Å². The van der Waals surface area contributed by atoms with Crippen LogP contribution in [0.15, 0.2) is 34.8 Å². The van der Waals surface area contributed by atoms with Crippen molar-refractivity contribution in [3.63, 3.8) is 0 Å². The average Bonchev–Trinajstić information content (AvgIpc) is 2.37. The molecule has 0 aliphatic rings. The lowest BCUT2D eigenvalue weighted by atomic mass is 10.1. The van der Waals surface area contributed by atoms with E-state index in [0.29, 0.717) is 17.9 Å². The zero-order chi connectivity index (χ0) is 13.8. The normalized spacial score (nSPS) is 10.3. The third-order valence-corrected chi connectivity index (χ3v) is 3.16. The van der Waals surface area contributed by atoms with Gasteiger partial charge in [0.15, 0.2) is 6.29 Å². The second-order valence-electron chi connectivity index (χ2n) is 4.32. The zero-order valence-electron chi connectivity index (χ0n) is 10.8. The van der Waals surface area contributed by atoms with E-state index in [9.17, 15) is 4.79 Å². The first-order valence-corrected chi connectivity index (χ1v) is 6.70. The van der Waals surface area contributed by atoms with Gasteiger partial charge in [0, 0.05) is 10.2 Å². The van der Waals surface area contributed by atoms with Gasteiger partial charge in [-0.1, -0.05) is 22.0 Å². The van der Waals surface area contributed by atoms with Crippen LogP contribution in [0.5, 0.6) is 5.75 Å². The Kier molecular flexibility index (Phi) is 4.32. The molecule has 2 rings (SSSR count). The maximum Gasteiger partial charge on any atom is 0.153 e. The third-order valence-electron chi connectivity index (χ3n) is 2.71. The van der Waals surface area contributed by atoms with Crippen LogP contribution in [-0.4, -0.2) is 11.3 Å². The van der Waals surface area contributed by atoms with Gasteiger partial charge in [-0.25, -0.2) is 0 Å². The summed E-state index contributed by atoms with van der Waals surface area (Å²) in [6, 6.07) is 9.45. The fourth-order valence-electron chi connectivity index (χ4n) is 1.87. The monoisotopic (exact) mass is 319 g/mol. The van der Waals surface area contributed by atoms with E-state index >= 15 is 0 Å². The van der Waals surface area contributed by atoms with Crippen LogP contribution in [0.1, 0.15) is 27.3 Å². The summed E-state index contributed by atoms with van der Waals surface area (Å²) in [6.07, 6.45) is 0.802. The van der Waals surface area contributed by atoms with Crippen molar-refractivity contribution in [3.8, 4) is 5.75 Å². The Morgan fingerprint density at radius 1 is 1.32 bits per heavy atom. The molecule has 3 nitrogen and oxygen atoms in total. The fraction of sp³-hybridized carbons (Fsp3) is 0.200. The molecule has 0 saturated heterocycles. The molecule has 0 unspecified atom stereocenters. The number of hydrogen-bond donors (Lipinski definition) is 0. The summed E-state index contributed by atoms with van der Waals surface area (Å²) < 4.78 is 6.61. The second kappa shape index (κ2) is 5.97. The van der Waals surface area contributed by atoms with Crippen molar-refractivity contribution in [2.45, 2.75) is 20.5 Å². The standard InChI is InChI=1S/C15H14BrNO2/c1-10-6-13(16)7-12(8-18)15(10)19-9-14-5-3-4-11(2)17-14/h3-8H,9H2,1-2H3. The molecular formula is C15H14BrNO2. The quantitative estimate of drug-likeness (QED) is 0.803. The SMILES string of the molecule is Cc1cccc(COc2c(C)cc(Br)cc2C=O)n1. The van der Waals surface area contributed by atoms with Gasteiger partial charge in [-0.05, 0) is 43.7 Å². The van der Waals surface area contributed by atoms with Gasteiger partial charge < -0.3 is 4.74 Å². The van der Waals surface area contributed by atoms with E-state index in [1.54, 1.807) is 6.07 Å². The fourth-order valence-corrected chi connectivity index (χ4v) is 2.46. The number of rotatable bonds is 4. The molecule has 1 aromatic heterocycles. The predicted molar refractivity (Wildman–Crippen MR) is 77.6 cm³/mol. The molecular weight excluding hydrogens is 306 g/mol. The Bertz CT molecular complexity index is 611. The number of ether oxygens (including phenoxy) is 1. The van der Waals surface area contributed by atoms with Crippen LogP contribution >= 0.6 is 15.9 Å². The molecule has 0 amide bonds. The molecule has 2 aromatic rings. The summed E-state index contributed by atoms with van der Waals surface area (Å²) in [5, 5.41) is 0. The van der Waals surface area contributed by atoms with E-state index in [1.165, 1.54) is 0 Å². The lowest BCUT2D eigenvalue weighted by Crippen LogP contribution is -2.02. The molecule has 0 N–H and O–H groups in total. The summed E-state index contributed by atoms with van der Waals surface area (Å²) in [4.78, 5) is 15.4. The highest BCUT2D eigenvalue weighted by atomic mass is 79.9. The van der Waals surface area contributed by atoms with E-state index in [2.05, 4.69) is 20.9 Å². The van der Waals surface area contributed by atoms with Crippen LogP contribution in [-0.2, 0) is 6.61 Å². The van der Waals surface area contributed by atoms with Crippen molar-refractivity contribution in [1.82, 2.24) is 4.98 Å². The van der Waals surface area contributed by atoms with Crippen molar-refractivity contribution in [2.24, 2.45) is 0 Å². The van der Waals surface area contributed by atoms with E-state index in [-0.39, 0.29) is 0 Å². The van der Waals surface area contributed by atoms with Crippen molar-refractivity contribution in [3.05, 3.63) is 57.3 Å². The molecule has 0 radical (unpaired) electrons. The van der Waals surface area contributed by atoms with Gasteiger partial charge >= 0.3 is 0 Å². The molecule has 0 aliphatic carbocycles. The molecule has 19 heavy (non-hydrogen) atoms. The van der Waals surface area contributed by atoms with E-state index in [4.69, 9.17) is 4.74 Å². The number of aryl methyl sites for hydroxylation is 2. The molecule has 0 saturated carbocycles.